The van der Waals surface area contributed by atoms with Gasteiger partial charge in [0.15, 0.2) is 0 Å². The molecule has 0 heterocycles. The van der Waals surface area contributed by atoms with E-state index in [1.807, 2.05) is 6.07 Å². The van der Waals surface area contributed by atoms with Crippen molar-refractivity contribution in [1.82, 2.24) is 0 Å². The van der Waals surface area contributed by atoms with Crippen LogP contribution in [0.15, 0.2) is 54.6 Å². The maximum Gasteiger partial charge on any atom is 0.130 e. The molecule has 1 nitrogen and oxygen atoms in total. The van der Waals surface area contributed by atoms with Gasteiger partial charge in [0, 0.05) is 6.42 Å². The first-order chi connectivity index (χ1) is 9.65. The third kappa shape index (κ3) is 4.34. The van der Waals surface area contributed by atoms with Crippen molar-refractivity contribution in [3.63, 3.8) is 0 Å². The smallest absolute Gasteiger partial charge is 0.130 e. The van der Waals surface area contributed by atoms with Crippen LogP contribution >= 0.6 is 0 Å². The van der Waals surface area contributed by atoms with Crippen LogP contribution in [0, 0.1) is 6.92 Å². The molecule has 2 aromatic carbocycles. The normalized spacial score (nSPS) is 12.1. The third-order valence-corrected chi connectivity index (χ3v) is 3.67. The largest absolute Gasteiger partial charge is 0.300 e. The van der Waals surface area contributed by atoms with Gasteiger partial charge in [-0.2, -0.15) is 0 Å². The molecule has 1 heteroatoms. The SMILES string of the molecule is CC(=O)CC(CCc1ccccc1)c1cccc(C)c1. The van der Waals surface area contributed by atoms with Crippen molar-refractivity contribution in [3.8, 4) is 0 Å². The molecule has 0 aliphatic rings. The van der Waals surface area contributed by atoms with Gasteiger partial charge in [0.25, 0.3) is 0 Å². The number of rotatable bonds is 6. The Kier molecular flexibility index (Phi) is 5.11. The van der Waals surface area contributed by atoms with E-state index < -0.39 is 0 Å². The summed E-state index contributed by atoms with van der Waals surface area (Å²) in [7, 11) is 0. The van der Waals surface area contributed by atoms with Gasteiger partial charge in [-0.15, -0.1) is 0 Å². The number of hydrogen-bond donors (Lipinski definition) is 0. The van der Waals surface area contributed by atoms with Crippen molar-refractivity contribution in [2.24, 2.45) is 0 Å². The minimum Gasteiger partial charge on any atom is -0.300 e. The molecule has 1 unspecified atom stereocenters. The highest BCUT2D eigenvalue weighted by atomic mass is 16.1. The average molecular weight is 266 g/mol. The van der Waals surface area contributed by atoms with Gasteiger partial charge in [0.2, 0.25) is 0 Å². The fraction of sp³-hybridized carbons (Fsp3) is 0.316. The van der Waals surface area contributed by atoms with Gasteiger partial charge in [-0.05, 0) is 43.7 Å². The standard InChI is InChI=1S/C19H22O/c1-15-7-6-10-18(13-15)19(14-16(2)20)12-11-17-8-4-3-5-9-17/h3-10,13,19H,11-12,14H2,1-2H3. The maximum atomic E-state index is 11.5. The lowest BCUT2D eigenvalue weighted by atomic mass is 9.88. The van der Waals surface area contributed by atoms with E-state index in [-0.39, 0.29) is 5.78 Å². The van der Waals surface area contributed by atoms with Crippen molar-refractivity contribution < 1.29 is 4.79 Å². The fourth-order valence-corrected chi connectivity index (χ4v) is 2.64. The molecule has 0 aromatic heterocycles. The lowest BCUT2D eigenvalue weighted by Crippen LogP contribution is -2.06. The van der Waals surface area contributed by atoms with E-state index in [0.717, 1.165) is 12.8 Å². The summed E-state index contributed by atoms with van der Waals surface area (Å²) in [5.74, 6) is 0.595. The number of aryl methyl sites for hydroxylation is 2. The predicted octanol–water partition coefficient (Wildman–Crippen LogP) is 4.69. The van der Waals surface area contributed by atoms with Gasteiger partial charge in [-0.1, -0.05) is 60.2 Å². The van der Waals surface area contributed by atoms with E-state index in [2.05, 4.69) is 55.5 Å². The topological polar surface area (TPSA) is 17.1 Å². The molecule has 0 aliphatic heterocycles. The number of carbonyl (C=O) groups excluding carboxylic acids is 1. The molecule has 0 saturated heterocycles. The Morgan fingerprint density at radius 3 is 2.45 bits per heavy atom. The van der Waals surface area contributed by atoms with Crippen LogP contribution < -0.4 is 0 Å². The van der Waals surface area contributed by atoms with E-state index in [0.29, 0.717) is 12.3 Å². The Morgan fingerprint density at radius 2 is 1.80 bits per heavy atom. The Balaban J connectivity index is 2.09. The molecule has 2 rings (SSSR count). The molecule has 0 spiro atoms. The summed E-state index contributed by atoms with van der Waals surface area (Å²) in [6.45, 7) is 3.79. The molecule has 0 bridgehead atoms. The molecule has 0 radical (unpaired) electrons. The van der Waals surface area contributed by atoms with Crippen LogP contribution in [0.2, 0.25) is 0 Å². The highest BCUT2D eigenvalue weighted by molar-refractivity contribution is 5.76. The van der Waals surface area contributed by atoms with Crippen LogP contribution in [0.5, 0.6) is 0 Å². The maximum absolute atomic E-state index is 11.5. The van der Waals surface area contributed by atoms with E-state index in [4.69, 9.17) is 0 Å². The Hall–Kier alpha value is -1.89. The molecule has 0 N–H and O–H groups in total. The first-order valence-corrected chi connectivity index (χ1v) is 7.25. The number of Topliss-reactive ketones (excluding diaryl/α,β-unsaturated/α-hetero) is 1. The zero-order valence-electron chi connectivity index (χ0n) is 12.3. The van der Waals surface area contributed by atoms with Crippen LogP contribution in [0.3, 0.4) is 0 Å². The van der Waals surface area contributed by atoms with Crippen molar-refractivity contribution in [3.05, 3.63) is 71.3 Å². The summed E-state index contributed by atoms with van der Waals surface area (Å²) in [5, 5.41) is 0. The molecule has 104 valence electrons. The van der Waals surface area contributed by atoms with Crippen LogP contribution in [0.1, 0.15) is 42.4 Å². The van der Waals surface area contributed by atoms with Crippen LogP contribution in [-0.2, 0) is 11.2 Å². The first-order valence-electron chi connectivity index (χ1n) is 7.25. The van der Waals surface area contributed by atoms with Crippen LogP contribution in [0.25, 0.3) is 0 Å². The van der Waals surface area contributed by atoms with Crippen molar-refractivity contribution >= 4 is 5.78 Å². The Morgan fingerprint density at radius 1 is 1.05 bits per heavy atom. The first kappa shape index (κ1) is 14.5. The second-order valence-corrected chi connectivity index (χ2v) is 5.54. The van der Waals surface area contributed by atoms with Crippen LogP contribution in [-0.4, -0.2) is 5.78 Å². The molecule has 2 aromatic rings. The minimum absolute atomic E-state index is 0.268. The third-order valence-electron chi connectivity index (χ3n) is 3.67. The molecule has 1 atom stereocenters. The van der Waals surface area contributed by atoms with Gasteiger partial charge in [0.1, 0.15) is 5.78 Å². The Bertz CT molecular complexity index is 557. The van der Waals surface area contributed by atoms with E-state index in [1.54, 1.807) is 6.92 Å². The molecule has 0 fully saturated rings. The van der Waals surface area contributed by atoms with Crippen molar-refractivity contribution in [2.75, 3.05) is 0 Å². The Labute approximate surface area is 121 Å². The summed E-state index contributed by atoms with van der Waals surface area (Å²) in [6, 6.07) is 19.0. The quantitative estimate of drug-likeness (QED) is 0.741. The summed E-state index contributed by atoms with van der Waals surface area (Å²) >= 11 is 0. The van der Waals surface area contributed by atoms with Crippen molar-refractivity contribution in [1.29, 1.82) is 0 Å². The zero-order chi connectivity index (χ0) is 14.4. The van der Waals surface area contributed by atoms with Gasteiger partial charge in [-0.3, -0.25) is 0 Å². The molecule has 0 saturated carbocycles. The summed E-state index contributed by atoms with van der Waals surface area (Å²) < 4.78 is 0. The predicted molar refractivity (Wildman–Crippen MR) is 84.0 cm³/mol. The van der Waals surface area contributed by atoms with E-state index >= 15 is 0 Å². The van der Waals surface area contributed by atoms with Gasteiger partial charge < -0.3 is 4.79 Å². The monoisotopic (exact) mass is 266 g/mol. The van der Waals surface area contributed by atoms with Gasteiger partial charge >= 0.3 is 0 Å². The van der Waals surface area contributed by atoms with Crippen molar-refractivity contribution in [2.45, 2.75) is 39.0 Å². The lowest BCUT2D eigenvalue weighted by Gasteiger charge is -2.16. The molecule has 20 heavy (non-hydrogen) atoms. The minimum atomic E-state index is 0.268. The van der Waals surface area contributed by atoms with E-state index in [1.165, 1.54) is 16.7 Å². The average Bonchev–Trinajstić information content (AvgIpc) is 2.44. The number of hydrogen-bond acceptors (Lipinski definition) is 1. The van der Waals surface area contributed by atoms with Gasteiger partial charge in [0.05, 0.1) is 0 Å². The molecular weight excluding hydrogens is 244 g/mol. The second-order valence-electron chi connectivity index (χ2n) is 5.54. The summed E-state index contributed by atoms with van der Waals surface area (Å²) in [6.07, 6.45) is 2.68. The summed E-state index contributed by atoms with van der Waals surface area (Å²) in [4.78, 5) is 11.5. The molecular formula is C19H22O. The molecule has 0 amide bonds. The highest BCUT2D eigenvalue weighted by Gasteiger charge is 2.14. The van der Waals surface area contributed by atoms with Gasteiger partial charge in [-0.25, -0.2) is 0 Å². The fourth-order valence-electron chi connectivity index (χ4n) is 2.64. The van der Waals surface area contributed by atoms with Crippen LogP contribution in [0.4, 0.5) is 0 Å². The number of ketones is 1. The number of benzene rings is 2. The number of carbonyl (C=O) groups is 1. The van der Waals surface area contributed by atoms with E-state index in [9.17, 15) is 4.79 Å². The highest BCUT2D eigenvalue weighted by Crippen LogP contribution is 2.26. The summed E-state index contributed by atoms with van der Waals surface area (Å²) in [5.41, 5.74) is 3.89. The molecule has 0 aliphatic carbocycles. The second kappa shape index (κ2) is 7.04. The zero-order valence-corrected chi connectivity index (χ0v) is 12.3. The lowest BCUT2D eigenvalue weighted by molar-refractivity contribution is -0.117.